The average molecular weight is 329 g/mol. The number of pyridine rings is 1. The fourth-order valence-electron chi connectivity index (χ4n) is 2.40. The van der Waals surface area contributed by atoms with Gasteiger partial charge in [-0.05, 0) is 37.6 Å². The molecule has 5 nitrogen and oxygen atoms in total. The molecule has 120 valence electrons. The third-order valence-corrected chi connectivity index (χ3v) is 5.00. The summed E-state index contributed by atoms with van der Waals surface area (Å²) in [5, 5.41) is 0. The quantitative estimate of drug-likeness (QED) is 0.751. The first kappa shape index (κ1) is 15.7. The topological polar surface area (TPSA) is 67.9 Å². The summed E-state index contributed by atoms with van der Waals surface area (Å²) in [7, 11) is -0.997. The Kier molecular flexibility index (Phi) is 4.71. The summed E-state index contributed by atoms with van der Waals surface area (Å²) >= 11 is 0. The lowest BCUT2D eigenvalue weighted by molar-refractivity contribution is 0.340. The van der Waals surface area contributed by atoms with Gasteiger partial charge in [-0.3, -0.25) is 9.19 Å². The third kappa shape index (κ3) is 3.27. The number of H-pyrrole nitrogens is 1. The standard InChI is InChI=1S/C17H19N3O2S/c1-3-9-23(21)12-5-6-13(16(10-12)22-4-2)17-19-14-7-8-18-11-15(14)20-17/h5-8,10-11H,3-4,9H2,1-2H3,(H,19,20). The van der Waals surface area contributed by atoms with Gasteiger partial charge in [0, 0.05) is 16.8 Å². The summed E-state index contributed by atoms with van der Waals surface area (Å²) in [6, 6.07) is 7.52. The van der Waals surface area contributed by atoms with Gasteiger partial charge in [-0.15, -0.1) is 0 Å². The largest absolute Gasteiger partial charge is 0.493 e. The van der Waals surface area contributed by atoms with Crippen LogP contribution >= 0.6 is 0 Å². The zero-order chi connectivity index (χ0) is 16.2. The first-order valence-electron chi connectivity index (χ1n) is 7.68. The Morgan fingerprint density at radius 2 is 2.13 bits per heavy atom. The molecule has 0 aliphatic carbocycles. The lowest BCUT2D eigenvalue weighted by Gasteiger charge is -2.10. The third-order valence-electron chi connectivity index (χ3n) is 3.44. The fourth-order valence-corrected chi connectivity index (χ4v) is 3.47. The second kappa shape index (κ2) is 6.91. The van der Waals surface area contributed by atoms with Crippen molar-refractivity contribution in [3.63, 3.8) is 0 Å². The number of benzene rings is 1. The maximum atomic E-state index is 12.2. The van der Waals surface area contributed by atoms with E-state index < -0.39 is 10.8 Å². The molecule has 1 atom stereocenters. The number of aromatic amines is 1. The van der Waals surface area contributed by atoms with Crippen LogP contribution in [-0.2, 0) is 10.8 Å². The minimum atomic E-state index is -0.997. The van der Waals surface area contributed by atoms with Gasteiger partial charge in [0.25, 0.3) is 0 Å². The number of aromatic nitrogens is 3. The molecule has 3 rings (SSSR count). The first-order valence-corrected chi connectivity index (χ1v) is 9.00. The summed E-state index contributed by atoms with van der Waals surface area (Å²) in [4.78, 5) is 12.7. The van der Waals surface area contributed by atoms with Crippen molar-refractivity contribution in [2.45, 2.75) is 25.2 Å². The van der Waals surface area contributed by atoms with Gasteiger partial charge in [-0.1, -0.05) is 6.92 Å². The number of ether oxygens (including phenoxy) is 1. The number of hydrogen-bond acceptors (Lipinski definition) is 4. The summed E-state index contributed by atoms with van der Waals surface area (Å²) in [6.45, 7) is 4.50. The van der Waals surface area contributed by atoms with Crippen LogP contribution in [0.3, 0.4) is 0 Å². The summed E-state index contributed by atoms with van der Waals surface area (Å²) < 4.78 is 18.0. The van der Waals surface area contributed by atoms with Gasteiger partial charge in [0.1, 0.15) is 11.6 Å². The highest BCUT2D eigenvalue weighted by molar-refractivity contribution is 7.85. The van der Waals surface area contributed by atoms with E-state index in [-0.39, 0.29) is 0 Å². The van der Waals surface area contributed by atoms with Crippen LogP contribution in [0.5, 0.6) is 5.75 Å². The monoisotopic (exact) mass is 329 g/mol. The van der Waals surface area contributed by atoms with Gasteiger partial charge in [-0.2, -0.15) is 0 Å². The maximum Gasteiger partial charge on any atom is 0.142 e. The molecular weight excluding hydrogens is 310 g/mol. The maximum absolute atomic E-state index is 12.2. The van der Waals surface area contributed by atoms with E-state index in [2.05, 4.69) is 15.0 Å². The lowest BCUT2D eigenvalue weighted by Crippen LogP contribution is -2.00. The van der Waals surface area contributed by atoms with Crippen molar-refractivity contribution in [1.82, 2.24) is 15.0 Å². The van der Waals surface area contributed by atoms with E-state index in [1.807, 2.05) is 38.1 Å². The van der Waals surface area contributed by atoms with E-state index in [1.165, 1.54) is 0 Å². The second-order valence-electron chi connectivity index (χ2n) is 5.12. The van der Waals surface area contributed by atoms with Crippen LogP contribution < -0.4 is 4.74 Å². The predicted octanol–water partition coefficient (Wildman–Crippen LogP) is 3.54. The Morgan fingerprint density at radius 3 is 2.87 bits per heavy atom. The molecule has 3 aromatic rings. The van der Waals surface area contributed by atoms with Gasteiger partial charge in [0.2, 0.25) is 0 Å². The Morgan fingerprint density at radius 1 is 1.26 bits per heavy atom. The van der Waals surface area contributed by atoms with Gasteiger partial charge < -0.3 is 9.72 Å². The molecule has 0 bridgehead atoms. The molecule has 0 saturated heterocycles. The average Bonchev–Trinajstić information content (AvgIpc) is 2.99. The van der Waals surface area contributed by atoms with Gasteiger partial charge in [-0.25, -0.2) is 4.98 Å². The fraction of sp³-hybridized carbons (Fsp3) is 0.294. The number of fused-ring (bicyclic) bond motifs is 1. The normalized spacial score (nSPS) is 12.4. The SMILES string of the molecule is CCCS(=O)c1ccc(-c2nc3ccncc3[nH]2)c(OCC)c1. The number of imidazole rings is 1. The number of hydrogen-bond donors (Lipinski definition) is 1. The Bertz CT molecular complexity index is 812. The minimum Gasteiger partial charge on any atom is -0.493 e. The minimum absolute atomic E-state index is 0.540. The molecule has 0 spiro atoms. The Balaban J connectivity index is 2.05. The number of nitrogens with one attached hydrogen (secondary N) is 1. The smallest absolute Gasteiger partial charge is 0.142 e. The van der Waals surface area contributed by atoms with E-state index in [0.29, 0.717) is 18.1 Å². The van der Waals surface area contributed by atoms with Crippen molar-refractivity contribution in [3.05, 3.63) is 36.7 Å². The van der Waals surface area contributed by atoms with Crippen LogP contribution in [0.2, 0.25) is 0 Å². The van der Waals surface area contributed by atoms with Crippen molar-refractivity contribution in [2.75, 3.05) is 12.4 Å². The highest BCUT2D eigenvalue weighted by Crippen LogP contribution is 2.31. The highest BCUT2D eigenvalue weighted by Gasteiger charge is 2.14. The van der Waals surface area contributed by atoms with Crippen molar-refractivity contribution >= 4 is 21.8 Å². The molecule has 1 aromatic carbocycles. The molecule has 1 unspecified atom stereocenters. The number of rotatable bonds is 6. The Hall–Kier alpha value is -2.21. The first-order chi connectivity index (χ1) is 11.2. The molecule has 2 heterocycles. The summed E-state index contributed by atoms with van der Waals surface area (Å²) in [5.74, 6) is 2.08. The molecule has 0 fully saturated rings. The second-order valence-corrected chi connectivity index (χ2v) is 6.69. The Labute approximate surface area is 137 Å². The zero-order valence-corrected chi connectivity index (χ0v) is 14.0. The zero-order valence-electron chi connectivity index (χ0n) is 13.2. The van der Waals surface area contributed by atoms with E-state index in [1.54, 1.807) is 12.4 Å². The molecular formula is C17H19N3O2S. The van der Waals surface area contributed by atoms with Crippen molar-refractivity contribution in [3.8, 4) is 17.1 Å². The van der Waals surface area contributed by atoms with Gasteiger partial charge in [0.15, 0.2) is 0 Å². The van der Waals surface area contributed by atoms with Crippen molar-refractivity contribution in [2.24, 2.45) is 0 Å². The van der Waals surface area contributed by atoms with Crippen LogP contribution in [0.15, 0.2) is 41.6 Å². The van der Waals surface area contributed by atoms with E-state index in [9.17, 15) is 4.21 Å². The van der Waals surface area contributed by atoms with Crippen molar-refractivity contribution < 1.29 is 8.95 Å². The highest BCUT2D eigenvalue weighted by atomic mass is 32.2. The molecule has 0 saturated carbocycles. The molecule has 6 heteroatoms. The van der Waals surface area contributed by atoms with Gasteiger partial charge in [0.05, 0.1) is 40.2 Å². The van der Waals surface area contributed by atoms with E-state index >= 15 is 0 Å². The molecule has 0 radical (unpaired) electrons. The molecule has 1 N–H and O–H groups in total. The summed E-state index contributed by atoms with van der Waals surface area (Å²) in [6.07, 6.45) is 4.35. The predicted molar refractivity (Wildman–Crippen MR) is 92.1 cm³/mol. The van der Waals surface area contributed by atoms with Crippen LogP contribution in [-0.4, -0.2) is 31.5 Å². The van der Waals surface area contributed by atoms with E-state index in [0.717, 1.165) is 33.7 Å². The molecule has 23 heavy (non-hydrogen) atoms. The van der Waals surface area contributed by atoms with Crippen molar-refractivity contribution in [1.29, 1.82) is 0 Å². The molecule has 0 amide bonds. The van der Waals surface area contributed by atoms with Crippen LogP contribution in [0.25, 0.3) is 22.4 Å². The molecule has 2 aromatic heterocycles. The number of nitrogens with zero attached hydrogens (tertiary/aromatic N) is 2. The van der Waals surface area contributed by atoms with Gasteiger partial charge >= 0.3 is 0 Å². The molecule has 0 aliphatic rings. The van der Waals surface area contributed by atoms with Crippen LogP contribution in [0, 0.1) is 0 Å². The van der Waals surface area contributed by atoms with E-state index in [4.69, 9.17) is 4.74 Å². The molecule has 0 aliphatic heterocycles. The lowest BCUT2D eigenvalue weighted by atomic mass is 10.2. The van der Waals surface area contributed by atoms with Crippen LogP contribution in [0.4, 0.5) is 0 Å². The van der Waals surface area contributed by atoms with Crippen LogP contribution in [0.1, 0.15) is 20.3 Å². The summed E-state index contributed by atoms with van der Waals surface area (Å²) in [5.41, 5.74) is 2.60.